The van der Waals surface area contributed by atoms with E-state index in [-0.39, 0.29) is 18.5 Å². The molecule has 0 unspecified atom stereocenters. The van der Waals surface area contributed by atoms with Gasteiger partial charge in [0.2, 0.25) is 0 Å². The van der Waals surface area contributed by atoms with Gasteiger partial charge in [0.05, 0.1) is 12.5 Å². The first-order valence-corrected chi connectivity index (χ1v) is 8.87. The Morgan fingerprint density at radius 2 is 2.20 bits per heavy atom. The van der Waals surface area contributed by atoms with Crippen LogP contribution in [0.3, 0.4) is 0 Å². The molecule has 0 amide bonds. The lowest BCUT2D eigenvalue weighted by atomic mass is 9.85. The van der Waals surface area contributed by atoms with Crippen molar-refractivity contribution in [3.63, 3.8) is 0 Å². The van der Waals surface area contributed by atoms with Crippen molar-refractivity contribution in [1.29, 1.82) is 0 Å². The standard InChI is InChI=1S/C20H28O5/c1-12(2)8-18(22)24-16-9-13(3)6-5-7-15(11-21)10-17-19(16)14(4)20(23)25-17/h6,10,12,16-17,19,21H,4-5,7-9,11H2,1-3H3/b13-6-,15-10-/t16-,17+,19+/m0/s1. The molecule has 25 heavy (non-hydrogen) atoms. The zero-order valence-electron chi connectivity index (χ0n) is 15.3. The molecule has 0 spiro atoms. The maximum absolute atomic E-state index is 12.2. The summed E-state index contributed by atoms with van der Waals surface area (Å²) in [5, 5.41) is 9.56. The molecule has 0 aromatic carbocycles. The van der Waals surface area contributed by atoms with Gasteiger partial charge < -0.3 is 14.6 Å². The number of carbonyl (C=O) groups excluding carboxylic acids is 2. The van der Waals surface area contributed by atoms with Crippen LogP contribution >= 0.6 is 0 Å². The summed E-state index contributed by atoms with van der Waals surface area (Å²) in [6.45, 7) is 9.68. The lowest BCUT2D eigenvalue weighted by molar-refractivity contribution is -0.152. The molecule has 2 rings (SSSR count). The van der Waals surface area contributed by atoms with Crippen LogP contribution in [0.2, 0.25) is 0 Å². The number of aliphatic hydroxyl groups is 1. The van der Waals surface area contributed by atoms with E-state index < -0.39 is 24.1 Å². The van der Waals surface area contributed by atoms with Gasteiger partial charge in [-0.25, -0.2) is 4.79 Å². The fourth-order valence-electron chi connectivity index (χ4n) is 3.32. The van der Waals surface area contributed by atoms with E-state index in [1.54, 1.807) is 6.08 Å². The Balaban J connectivity index is 2.33. The van der Waals surface area contributed by atoms with Crippen LogP contribution in [0.25, 0.3) is 0 Å². The Morgan fingerprint density at radius 3 is 2.84 bits per heavy atom. The molecule has 1 aliphatic carbocycles. The van der Waals surface area contributed by atoms with Crippen LogP contribution in [0.15, 0.2) is 35.5 Å². The highest BCUT2D eigenvalue weighted by Gasteiger charge is 2.44. The molecule has 0 aromatic heterocycles. The predicted octanol–water partition coefficient (Wildman–Crippen LogP) is 3.09. The molecule has 1 N–H and O–H groups in total. The van der Waals surface area contributed by atoms with Gasteiger partial charge in [-0.1, -0.05) is 32.1 Å². The van der Waals surface area contributed by atoms with Crippen LogP contribution in [0.5, 0.6) is 0 Å². The largest absolute Gasteiger partial charge is 0.461 e. The Morgan fingerprint density at radius 1 is 1.48 bits per heavy atom. The van der Waals surface area contributed by atoms with Crippen molar-refractivity contribution in [2.45, 2.75) is 58.7 Å². The van der Waals surface area contributed by atoms with Gasteiger partial charge in [-0.05, 0) is 37.3 Å². The molecule has 0 aromatic rings. The predicted molar refractivity (Wildman–Crippen MR) is 94.6 cm³/mol. The van der Waals surface area contributed by atoms with E-state index in [0.717, 1.165) is 17.6 Å². The van der Waals surface area contributed by atoms with E-state index in [0.29, 0.717) is 24.8 Å². The molecule has 1 heterocycles. The van der Waals surface area contributed by atoms with Crippen molar-refractivity contribution in [1.82, 2.24) is 0 Å². The van der Waals surface area contributed by atoms with Crippen LogP contribution < -0.4 is 0 Å². The molecule has 5 heteroatoms. The summed E-state index contributed by atoms with van der Waals surface area (Å²) in [7, 11) is 0. The third kappa shape index (κ3) is 5.05. The third-order valence-corrected chi connectivity index (χ3v) is 4.60. The Labute approximate surface area is 149 Å². The quantitative estimate of drug-likeness (QED) is 0.480. The van der Waals surface area contributed by atoms with E-state index in [9.17, 15) is 14.7 Å². The molecule has 5 nitrogen and oxygen atoms in total. The highest BCUT2D eigenvalue weighted by Crippen LogP contribution is 2.36. The highest BCUT2D eigenvalue weighted by atomic mass is 16.6. The lowest BCUT2D eigenvalue weighted by Crippen LogP contribution is -2.33. The van der Waals surface area contributed by atoms with Gasteiger partial charge in [0.1, 0.15) is 12.2 Å². The van der Waals surface area contributed by atoms with Crippen LogP contribution in [0.4, 0.5) is 0 Å². The number of aliphatic hydroxyl groups excluding tert-OH is 1. The Bertz CT molecular complexity index is 599. The van der Waals surface area contributed by atoms with Gasteiger partial charge in [-0.2, -0.15) is 0 Å². The molecule has 138 valence electrons. The van der Waals surface area contributed by atoms with E-state index in [1.807, 2.05) is 20.8 Å². The average Bonchev–Trinajstić information content (AvgIpc) is 2.79. The first kappa shape index (κ1) is 19.4. The minimum absolute atomic E-state index is 0.0854. The number of allylic oxidation sites excluding steroid dienone is 1. The summed E-state index contributed by atoms with van der Waals surface area (Å²) >= 11 is 0. The second-order valence-electron chi connectivity index (χ2n) is 7.32. The van der Waals surface area contributed by atoms with Crippen molar-refractivity contribution >= 4 is 11.9 Å². The summed E-state index contributed by atoms with van der Waals surface area (Å²) in [6.07, 6.45) is 5.20. The second kappa shape index (κ2) is 8.48. The highest BCUT2D eigenvalue weighted by molar-refractivity contribution is 5.91. The van der Waals surface area contributed by atoms with Crippen molar-refractivity contribution in [3.8, 4) is 0 Å². The topological polar surface area (TPSA) is 72.8 Å². The molecular formula is C20H28O5. The first-order valence-electron chi connectivity index (χ1n) is 8.87. The average molecular weight is 348 g/mol. The molecule has 0 bridgehead atoms. The zero-order chi connectivity index (χ0) is 18.6. The fourth-order valence-corrected chi connectivity index (χ4v) is 3.32. The van der Waals surface area contributed by atoms with Gasteiger partial charge in [0.15, 0.2) is 0 Å². The van der Waals surface area contributed by atoms with E-state index >= 15 is 0 Å². The summed E-state index contributed by atoms with van der Waals surface area (Å²) in [5.74, 6) is -0.965. The summed E-state index contributed by atoms with van der Waals surface area (Å²) in [4.78, 5) is 24.3. The molecule has 1 aliphatic heterocycles. The molecular weight excluding hydrogens is 320 g/mol. The molecule has 0 saturated carbocycles. The molecule has 1 fully saturated rings. The van der Waals surface area contributed by atoms with Crippen LogP contribution in [-0.2, 0) is 19.1 Å². The maximum Gasteiger partial charge on any atom is 0.334 e. The van der Waals surface area contributed by atoms with Crippen LogP contribution in [0.1, 0.15) is 46.5 Å². The number of hydrogen-bond acceptors (Lipinski definition) is 5. The van der Waals surface area contributed by atoms with E-state index in [2.05, 4.69) is 12.7 Å². The van der Waals surface area contributed by atoms with Gasteiger partial charge >= 0.3 is 11.9 Å². The normalized spacial score (nSPS) is 31.5. The number of hydrogen-bond donors (Lipinski definition) is 1. The molecule has 0 radical (unpaired) electrons. The maximum atomic E-state index is 12.2. The zero-order valence-corrected chi connectivity index (χ0v) is 15.3. The van der Waals surface area contributed by atoms with Gasteiger partial charge in [-0.3, -0.25) is 4.79 Å². The minimum atomic E-state index is -0.551. The Hall–Kier alpha value is -1.88. The molecule has 3 atom stereocenters. The smallest absolute Gasteiger partial charge is 0.334 e. The van der Waals surface area contributed by atoms with Gasteiger partial charge in [0.25, 0.3) is 0 Å². The van der Waals surface area contributed by atoms with Crippen molar-refractivity contribution in [2.75, 3.05) is 6.61 Å². The summed E-state index contributed by atoms with van der Waals surface area (Å²) in [5.41, 5.74) is 2.23. The van der Waals surface area contributed by atoms with E-state index in [1.165, 1.54) is 0 Å². The van der Waals surface area contributed by atoms with Crippen LogP contribution in [0, 0.1) is 11.8 Å². The first-order chi connectivity index (χ1) is 11.8. The third-order valence-electron chi connectivity index (χ3n) is 4.60. The number of esters is 2. The fraction of sp³-hybridized carbons (Fsp3) is 0.600. The second-order valence-corrected chi connectivity index (χ2v) is 7.32. The summed E-state index contributed by atoms with van der Waals surface area (Å²) < 4.78 is 11.2. The van der Waals surface area contributed by atoms with Crippen LogP contribution in [-0.4, -0.2) is 35.9 Å². The SMILES string of the molecule is C=C1C(=O)O[C@@H]2/C=C(\CO)CC/C=C(/C)C[C@H](OC(=O)CC(C)C)[C@@H]12. The number of fused-ring (bicyclic) bond motifs is 1. The van der Waals surface area contributed by atoms with E-state index in [4.69, 9.17) is 9.47 Å². The lowest BCUT2D eigenvalue weighted by Gasteiger charge is -2.27. The molecule has 2 aliphatic rings. The van der Waals surface area contributed by atoms with Crippen molar-refractivity contribution in [2.24, 2.45) is 11.8 Å². The number of ether oxygens (including phenoxy) is 2. The molecule has 1 saturated heterocycles. The monoisotopic (exact) mass is 348 g/mol. The number of carbonyl (C=O) groups is 2. The Kier molecular flexibility index (Phi) is 6.59. The minimum Gasteiger partial charge on any atom is -0.461 e. The van der Waals surface area contributed by atoms with Crippen molar-refractivity contribution in [3.05, 3.63) is 35.5 Å². The van der Waals surface area contributed by atoms with Gasteiger partial charge in [0, 0.05) is 18.4 Å². The van der Waals surface area contributed by atoms with Crippen molar-refractivity contribution < 1.29 is 24.2 Å². The number of rotatable bonds is 4. The summed E-state index contributed by atoms with van der Waals surface area (Å²) in [6, 6.07) is 0. The van der Waals surface area contributed by atoms with Gasteiger partial charge in [-0.15, -0.1) is 0 Å².